The van der Waals surface area contributed by atoms with Crippen LogP contribution in [0.1, 0.15) is 5.56 Å². The van der Waals surface area contributed by atoms with Crippen molar-refractivity contribution in [3.05, 3.63) is 36.0 Å². The smallest absolute Gasteiger partial charge is 0.180 e. The number of nitrogens with two attached hydrogens (primary N) is 1. The number of nitrogens with zero attached hydrogens (tertiary/aromatic N) is 1. The molecule has 0 saturated carbocycles. The van der Waals surface area contributed by atoms with Gasteiger partial charge in [-0.05, 0) is 12.5 Å². The minimum absolute atomic E-state index is 0.622. The molecule has 2 rings (SSSR count). The quantitative estimate of drug-likeness (QED) is 0.751. The highest BCUT2D eigenvalue weighted by atomic mass is 32.1. The Morgan fingerprint density at radius 2 is 2.23 bits per heavy atom. The van der Waals surface area contributed by atoms with Crippen molar-refractivity contribution in [3.63, 3.8) is 0 Å². The molecular formula is C10H10N2S. The average molecular weight is 190 g/mol. The van der Waals surface area contributed by atoms with E-state index in [1.165, 1.54) is 22.5 Å². The summed E-state index contributed by atoms with van der Waals surface area (Å²) in [6.07, 6.45) is 1.81. The molecule has 0 saturated heterocycles. The van der Waals surface area contributed by atoms with Crippen molar-refractivity contribution in [1.29, 1.82) is 0 Å². The molecule has 0 fully saturated rings. The van der Waals surface area contributed by atoms with E-state index in [9.17, 15) is 0 Å². The molecule has 3 heteroatoms. The minimum Gasteiger partial charge on any atom is -0.375 e. The normalized spacial score (nSPS) is 10.2. The van der Waals surface area contributed by atoms with Crippen molar-refractivity contribution in [2.45, 2.75) is 6.92 Å². The summed E-state index contributed by atoms with van der Waals surface area (Å²) in [5, 5.41) is 0.622. The molecule has 1 aromatic heterocycles. The summed E-state index contributed by atoms with van der Waals surface area (Å²) in [6.45, 7) is 2.08. The zero-order chi connectivity index (χ0) is 9.26. The van der Waals surface area contributed by atoms with Gasteiger partial charge < -0.3 is 5.73 Å². The molecule has 0 aliphatic heterocycles. The SMILES string of the molecule is Cc1cccc(-c2cnc(N)s2)c1. The lowest BCUT2D eigenvalue weighted by Gasteiger charge is -1.96. The first kappa shape index (κ1) is 8.26. The Bertz CT molecular complexity index is 420. The molecule has 66 valence electrons. The third-order valence-electron chi connectivity index (χ3n) is 1.83. The van der Waals surface area contributed by atoms with Crippen LogP contribution in [0.5, 0.6) is 0 Å². The van der Waals surface area contributed by atoms with Crippen LogP contribution in [-0.2, 0) is 0 Å². The van der Waals surface area contributed by atoms with E-state index < -0.39 is 0 Å². The van der Waals surface area contributed by atoms with Crippen molar-refractivity contribution in [1.82, 2.24) is 4.98 Å². The lowest BCUT2D eigenvalue weighted by Crippen LogP contribution is -1.77. The summed E-state index contributed by atoms with van der Waals surface area (Å²) in [4.78, 5) is 5.15. The second kappa shape index (κ2) is 3.18. The maximum Gasteiger partial charge on any atom is 0.180 e. The summed E-state index contributed by atoms with van der Waals surface area (Å²) in [7, 11) is 0. The number of aromatic nitrogens is 1. The van der Waals surface area contributed by atoms with Crippen LogP contribution in [0.3, 0.4) is 0 Å². The van der Waals surface area contributed by atoms with E-state index in [4.69, 9.17) is 5.73 Å². The molecule has 0 aliphatic rings. The molecule has 0 bridgehead atoms. The van der Waals surface area contributed by atoms with E-state index in [1.54, 1.807) is 0 Å². The van der Waals surface area contributed by atoms with Crippen LogP contribution < -0.4 is 5.73 Å². The van der Waals surface area contributed by atoms with E-state index in [0.717, 1.165) is 4.88 Å². The van der Waals surface area contributed by atoms with Gasteiger partial charge in [-0.2, -0.15) is 0 Å². The summed E-state index contributed by atoms with van der Waals surface area (Å²) in [5.41, 5.74) is 8.00. The Morgan fingerprint density at radius 1 is 1.38 bits per heavy atom. The summed E-state index contributed by atoms with van der Waals surface area (Å²) in [6, 6.07) is 8.32. The maximum atomic E-state index is 5.56. The number of hydrogen-bond acceptors (Lipinski definition) is 3. The second-order valence-corrected chi connectivity index (χ2v) is 3.99. The van der Waals surface area contributed by atoms with Gasteiger partial charge in [0, 0.05) is 6.20 Å². The number of thiazole rings is 1. The van der Waals surface area contributed by atoms with E-state index in [2.05, 4.69) is 30.1 Å². The van der Waals surface area contributed by atoms with Gasteiger partial charge in [-0.3, -0.25) is 0 Å². The third kappa shape index (κ3) is 1.70. The number of nitrogen functional groups attached to an aromatic ring is 1. The Labute approximate surface area is 81.1 Å². The first-order valence-corrected chi connectivity index (χ1v) is 4.86. The van der Waals surface area contributed by atoms with Gasteiger partial charge in [-0.1, -0.05) is 41.2 Å². The number of hydrogen-bond donors (Lipinski definition) is 1. The van der Waals surface area contributed by atoms with Gasteiger partial charge >= 0.3 is 0 Å². The monoisotopic (exact) mass is 190 g/mol. The minimum atomic E-state index is 0.622. The molecule has 0 unspecified atom stereocenters. The molecule has 1 heterocycles. The van der Waals surface area contributed by atoms with Gasteiger partial charge in [0.15, 0.2) is 5.13 Å². The van der Waals surface area contributed by atoms with Crippen molar-refractivity contribution >= 4 is 16.5 Å². The maximum absolute atomic E-state index is 5.56. The van der Waals surface area contributed by atoms with Crippen LogP contribution in [0.4, 0.5) is 5.13 Å². The molecule has 0 spiro atoms. The van der Waals surface area contributed by atoms with Gasteiger partial charge in [0.25, 0.3) is 0 Å². The molecule has 0 radical (unpaired) electrons. The van der Waals surface area contributed by atoms with Gasteiger partial charge in [0.2, 0.25) is 0 Å². The fourth-order valence-corrected chi connectivity index (χ4v) is 1.90. The predicted octanol–water partition coefficient (Wildman–Crippen LogP) is 2.70. The molecule has 0 amide bonds. The van der Waals surface area contributed by atoms with Crippen LogP contribution in [0.2, 0.25) is 0 Å². The fourth-order valence-electron chi connectivity index (χ4n) is 1.22. The average Bonchev–Trinajstić information content (AvgIpc) is 2.52. The highest BCUT2D eigenvalue weighted by Gasteiger charge is 2.01. The summed E-state index contributed by atoms with van der Waals surface area (Å²) < 4.78 is 0. The van der Waals surface area contributed by atoms with Crippen molar-refractivity contribution in [2.75, 3.05) is 5.73 Å². The zero-order valence-corrected chi connectivity index (χ0v) is 8.14. The molecule has 2 nitrogen and oxygen atoms in total. The molecule has 2 N–H and O–H groups in total. The van der Waals surface area contributed by atoms with Crippen LogP contribution in [0.25, 0.3) is 10.4 Å². The van der Waals surface area contributed by atoms with Crippen LogP contribution in [0, 0.1) is 6.92 Å². The molecular weight excluding hydrogens is 180 g/mol. The van der Waals surface area contributed by atoms with Crippen molar-refractivity contribution in [2.24, 2.45) is 0 Å². The van der Waals surface area contributed by atoms with Crippen LogP contribution in [0.15, 0.2) is 30.5 Å². The fraction of sp³-hybridized carbons (Fsp3) is 0.100. The first-order valence-electron chi connectivity index (χ1n) is 4.04. The van der Waals surface area contributed by atoms with Gasteiger partial charge in [-0.25, -0.2) is 4.98 Å². The molecule has 2 aromatic rings. The lowest BCUT2D eigenvalue weighted by atomic mass is 10.1. The Balaban J connectivity index is 2.46. The van der Waals surface area contributed by atoms with E-state index in [-0.39, 0.29) is 0 Å². The summed E-state index contributed by atoms with van der Waals surface area (Å²) >= 11 is 1.52. The topological polar surface area (TPSA) is 38.9 Å². The van der Waals surface area contributed by atoms with E-state index in [1.807, 2.05) is 12.3 Å². The van der Waals surface area contributed by atoms with Crippen molar-refractivity contribution in [3.8, 4) is 10.4 Å². The molecule has 0 atom stereocenters. The largest absolute Gasteiger partial charge is 0.375 e. The number of anilines is 1. The van der Waals surface area contributed by atoms with Gasteiger partial charge in [-0.15, -0.1) is 0 Å². The standard InChI is InChI=1S/C10H10N2S/c1-7-3-2-4-8(5-7)9-6-12-10(11)13-9/h2-6H,1H3,(H2,11,12). The first-order chi connectivity index (χ1) is 6.25. The molecule has 13 heavy (non-hydrogen) atoms. The number of aryl methyl sites for hydroxylation is 1. The van der Waals surface area contributed by atoms with E-state index in [0.29, 0.717) is 5.13 Å². The zero-order valence-electron chi connectivity index (χ0n) is 7.32. The molecule has 0 aliphatic carbocycles. The van der Waals surface area contributed by atoms with Gasteiger partial charge in [0.05, 0.1) is 4.88 Å². The lowest BCUT2D eigenvalue weighted by molar-refractivity contribution is 1.42. The third-order valence-corrected chi connectivity index (χ3v) is 2.70. The summed E-state index contributed by atoms with van der Waals surface area (Å²) in [5.74, 6) is 0. The Hall–Kier alpha value is -1.35. The number of benzene rings is 1. The highest BCUT2D eigenvalue weighted by molar-refractivity contribution is 7.18. The molecule has 1 aromatic carbocycles. The van der Waals surface area contributed by atoms with Gasteiger partial charge in [0.1, 0.15) is 0 Å². The predicted molar refractivity (Wildman–Crippen MR) is 56.7 cm³/mol. The highest BCUT2D eigenvalue weighted by Crippen LogP contribution is 2.27. The van der Waals surface area contributed by atoms with Crippen LogP contribution >= 0.6 is 11.3 Å². The Kier molecular flexibility index (Phi) is 2.02. The Morgan fingerprint density at radius 3 is 2.85 bits per heavy atom. The van der Waals surface area contributed by atoms with E-state index >= 15 is 0 Å². The second-order valence-electron chi connectivity index (χ2n) is 2.93. The van der Waals surface area contributed by atoms with Crippen molar-refractivity contribution < 1.29 is 0 Å². The van der Waals surface area contributed by atoms with Crippen LogP contribution in [-0.4, -0.2) is 4.98 Å². The number of rotatable bonds is 1.